The summed E-state index contributed by atoms with van der Waals surface area (Å²) in [6, 6.07) is 6.54. The summed E-state index contributed by atoms with van der Waals surface area (Å²) in [5, 5.41) is 10.5. The minimum Gasteiger partial charge on any atom is -0.465 e. The Morgan fingerprint density at radius 2 is 1.95 bits per heavy atom. The number of hydrogen-bond acceptors (Lipinski definition) is 4. The molecule has 0 radical (unpaired) electrons. The van der Waals surface area contributed by atoms with Gasteiger partial charge in [0, 0.05) is 0 Å². The Labute approximate surface area is 119 Å². The maximum Gasteiger partial charge on any atom is 0.338 e. The van der Waals surface area contributed by atoms with Crippen LogP contribution in [0.1, 0.15) is 54.1 Å². The summed E-state index contributed by atoms with van der Waals surface area (Å²) in [5.41, 5.74) is 7.31. The second-order valence-corrected chi connectivity index (χ2v) is 5.49. The average molecular weight is 277 g/mol. The fourth-order valence-corrected chi connectivity index (χ4v) is 3.04. The molecule has 1 aliphatic rings. The van der Waals surface area contributed by atoms with Gasteiger partial charge in [-0.3, -0.25) is 0 Å². The Hall–Kier alpha value is -1.39. The lowest BCUT2D eigenvalue weighted by molar-refractivity contribution is 0.0563. The summed E-state index contributed by atoms with van der Waals surface area (Å²) in [4.78, 5) is 11.8. The van der Waals surface area contributed by atoms with E-state index in [-0.39, 0.29) is 5.92 Å². The molecule has 0 bridgehead atoms. The number of aliphatic hydroxyl groups excluding tert-OH is 1. The molecular weight excluding hydrogens is 254 g/mol. The van der Waals surface area contributed by atoms with E-state index < -0.39 is 18.1 Å². The molecule has 1 aliphatic carbocycles. The minimum atomic E-state index is -0.610. The molecule has 110 valence electrons. The number of aliphatic hydroxyl groups is 1. The van der Waals surface area contributed by atoms with Crippen molar-refractivity contribution in [2.24, 2.45) is 11.7 Å². The van der Waals surface area contributed by atoms with Crippen LogP contribution in [0.2, 0.25) is 0 Å². The minimum absolute atomic E-state index is 0.226. The summed E-state index contributed by atoms with van der Waals surface area (Å²) >= 11 is 0. The number of esters is 1. The van der Waals surface area contributed by atoms with Crippen molar-refractivity contribution in [1.82, 2.24) is 0 Å². The van der Waals surface area contributed by atoms with E-state index in [4.69, 9.17) is 10.5 Å². The second-order valence-electron chi connectivity index (χ2n) is 5.49. The van der Waals surface area contributed by atoms with Gasteiger partial charge in [-0.05, 0) is 30.4 Å². The van der Waals surface area contributed by atoms with Crippen LogP contribution < -0.4 is 5.73 Å². The first-order chi connectivity index (χ1) is 9.65. The Balaban J connectivity index is 2.19. The van der Waals surface area contributed by atoms with Crippen LogP contribution in [-0.4, -0.2) is 24.3 Å². The predicted molar refractivity (Wildman–Crippen MR) is 77.3 cm³/mol. The number of carbonyl (C=O) groups is 1. The molecule has 1 fully saturated rings. The van der Waals surface area contributed by atoms with Gasteiger partial charge in [-0.1, -0.05) is 37.5 Å². The lowest BCUT2D eigenvalue weighted by Crippen LogP contribution is -2.35. The van der Waals surface area contributed by atoms with Crippen molar-refractivity contribution in [2.75, 3.05) is 7.11 Å². The molecule has 1 saturated carbocycles. The number of ether oxygens (including phenoxy) is 1. The number of hydrogen-bond donors (Lipinski definition) is 2. The summed E-state index contributed by atoms with van der Waals surface area (Å²) in [7, 11) is 1.35. The topological polar surface area (TPSA) is 72.5 Å². The number of benzene rings is 1. The van der Waals surface area contributed by atoms with E-state index in [1.807, 2.05) is 6.07 Å². The highest BCUT2D eigenvalue weighted by Gasteiger charge is 2.29. The first kappa shape index (κ1) is 15.0. The largest absolute Gasteiger partial charge is 0.465 e. The van der Waals surface area contributed by atoms with Crippen molar-refractivity contribution in [3.8, 4) is 0 Å². The molecular formula is C16H23NO3. The van der Waals surface area contributed by atoms with Gasteiger partial charge in [0.2, 0.25) is 0 Å². The molecule has 0 spiro atoms. The van der Waals surface area contributed by atoms with Crippen molar-refractivity contribution in [1.29, 1.82) is 0 Å². The molecule has 2 rings (SSSR count). The van der Waals surface area contributed by atoms with E-state index in [9.17, 15) is 9.90 Å². The standard InChI is InChI=1S/C16H23NO3/c1-20-16(19)13-10-6-5-9-12(13)14(17)15(18)11-7-3-2-4-8-11/h5-6,9-11,14-15,18H,2-4,7-8,17H2,1H3/t14-,15+/m1/s1. The lowest BCUT2D eigenvalue weighted by atomic mass is 9.80. The molecule has 2 atom stereocenters. The number of nitrogens with two attached hydrogens (primary N) is 1. The van der Waals surface area contributed by atoms with Crippen LogP contribution in [-0.2, 0) is 4.74 Å². The molecule has 0 unspecified atom stereocenters. The van der Waals surface area contributed by atoms with Crippen molar-refractivity contribution in [2.45, 2.75) is 44.2 Å². The van der Waals surface area contributed by atoms with Crippen LogP contribution in [0.15, 0.2) is 24.3 Å². The molecule has 0 aliphatic heterocycles. The van der Waals surface area contributed by atoms with Gasteiger partial charge < -0.3 is 15.6 Å². The zero-order chi connectivity index (χ0) is 14.5. The van der Waals surface area contributed by atoms with Crippen LogP contribution in [0.5, 0.6) is 0 Å². The van der Waals surface area contributed by atoms with Crippen molar-refractivity contribution < 1.29 is 14.6 Å². The summed E-state index contributed by atoms with van der Waals surface area (Å²) in [6.45, 7) is 0. The number of carbonyl (C=O) groups excluding carboxylic acids is 1. The highest BCUT2D eigenvalue weighted by Crippen LogP contribution is 2.32. The summed E-state index contributed by atoms with van der Waals surface area (Å²) < 4.78 is 4.78. The lowest BCUT2D eigenvalue weighted by Gasteiger charge is -2.31. The smallest absolute Gasteiger partial charge is 0.338 e. The fourth-order valence-electron chi connectivity index (χ4n) is 3.04. The molecule has 4 heteroatoms. The maximum absolute atomic E-state index is 11.8. The van der Waals surface area contributed by atoms with E-state index in [2.05, 4.69) is 0 Å². The first-order valence-electron chi connectivity index (χ1n) is 7.26. The molecule has 0 aromatic heterocycles. The van der Waals surface area contributed by atoms with Gasteiger partial charge in [-0.15, -0.1) is 0 Å². The average Bonchev–Trinajstić information content (AvgIpc) is 2.53. The SMILES string of the molecule is COC(=O)c1ccccc1[C@@H](N)[C@@H](O)C1CCCCC1. The summed E-state index contributed by atoms with van der Waals surface area (Å²) in [6.07, 6.45) is 4.93. The van der Waals surface area contributed by atoms with Crippen LogP contribution in [0.4, 0.5) is 0 Å². The van der Waals surface area contributed by atoms with Gasteiger partial charge in [0.25, 0.3) is 0 Å². The third-order valence-electron chi connectivity index (χ3n) is 4.23. The van der Waals surface area contributed by atoms with E-state index in [0.29, 0.717) is 11.1 Å². The molecule has 0 heterocycles. The van der Waals surface area contributed by atoms with Crippen LogP contribution in [0.3, 0.4) is 0 Å². The third kappa shape index (κ3) is 3.19. The monoisotopic (exact) mass is 277 g/mol. The molecule has 1 aromatic carbocycles. The molecule has 0 amide bonds. The number of methoxy groups -OCH3 is 1. The molecule has 1 aromatic rings. The van der Waals surface area contributed by atoms with Crippen molar-refractivity contribution >= 4 is 5.97 Å². The van der Waals surface area contributed by atoms with Gasteiger partial charge in [0.1, 0.15) is 0 Å². The molecule has 20 heavy (non-hydrogen) atoms. The van der Waals surface area contributed by atoms with E-state index in [1.165, 1.54) is 13.5 Å². The number of rotatable bonds is 4. The molecule has 4 nitrogen and oxygen atoms in total. The van der Waals surface area contributed by atoms with Crippen molar-refractivity contribution in [3.63, 3.8) is 0 Å². The Bertz CT molecular complexity index is 455. The van der Waals surface area contributed by atoms with Gasteiger partial charge in [0.05, 0.1) is 24.8 Å². The molecule has 3 N–H and O–H groups in total. The predicted octanol–water partition coefficient (Wildman–Crippen LogP) is 2.41. The van der Waals surface area contributed by atoms with Gasteiger partial charge >= 0.3 is 5.97 Å². The van der Waals surface area contributed by atoms with Crippen molar-refractivity contribution in [3.05, 3.63) is 35.4 Å². The quantitative estimate of drug-likeness (QED) is 0.829. The third-order valence-corrected chi connectivity index (χ3v) is 4.23. The first-order valence-corrected chi connectivity index (χ1v) is 7.26. The Morgan fingerprint density at radius 1 is 1.30 bits per heavy atom. The highest BCUT2D eigenvalue weighted by molar-refractivity contribution is 5.91. The Morgan fingerprint density at radius 3 is 2.60 bits per heavy atom. The van der Waals surface area contributed by atoms with Crippen LogP contribution in [0, 0.1) is 5.92 Å². The summed E-state index contributed by atoms with van der Waals surface area (Å²) in [5.74, 6) is -0.184. The fraction of sp³-hybridized carbons (Fsp3) is 0.562. The normalized spacial score (nSPS) is 19.4. The van der Waals surface area contributed by atoms with Gasteiger partial charge in [0.15, 0.2) is 0 Å². The zero-order valence-corrected chi connectivity index (χ0v) is 11.9. The van der Waals surface area contributed by atoms with E-state index in [0.717, 1.165) is 25.7 Å². The second kappa shape index (κ2) is 6.86. The maximum atomic E-state index is 11.8. The van der Waals surface area contributed by atoms with Gasteiger partial charge in [-0.2, -0.15) is 0 Å². The molecule has 0 saturated heterocycles. The van der Waals surface area contributed by atoms with Crippen LogP contribution >= 0.6 is 0 Å². The van der Waals surface area contributed by atoms with E-state index in [1.54, 1.807) is 18.2 Å². The Kier molecular flexibility index (Phi) is 5.15. The van der Waals surface area contributed by atoms with E-state index >= 15 is 0 Å². The van der Waals surface area contributed by atoms with Gasteiger partial charge in [-0.25, -0.2) is 4.79 Å². The van der Waals surface area contributed by atoms with Crippen LogP contribution in [0.25, 0.3) is 0 Å². The highest BCUT2D eigenvalue weighted by atomic mass is 16.5. The zero-order valence-electron chi connectivity index (χ0n) is 11.9.